The topological polar surface area (TPSA) is 132 Å². The van der Waals surface area contributed by atoms with E-state index in [-0.39, 0.29) is 10.9 Å². The number of anilines is 2. The number of rotatable bonds is 15. The van der Waals surface area contributed by atoms with E-state index in [1.807, 2.05) is 18.2 Å². The summed E-state index contributed by atoms with van der Waals surface area (Å²) >= 11 is 0. The minimum absolute atomic E-state index is 0.100. The smallest absolute Gasteiger partial charge is 0.319 e. The highest BCUT2D eigenvalue weighted by molar-refractivity contribution is 7.92. The van der Waals surface area contributed by atoms with Crippen molar-refractivity contribution in [2.45, 2.75) is 50.0 Å². The molecular weight excluding hydrogens is 502 g/mol. The number of unbranched alkanes of at least 4 members (excludes halogenated alkanes) is 3. The molecule has 2 aromatic carbocycles. The van der Waals surface area contributed by atoms with E-state index in [9.17, 15) is 18.3 Å². The van der Waals surface area contributed by atoms with Crippen LogP contribution >= 0.6 is 0 Å². The Morgan fingerprint density at radius 2 is 1.68 bits per heavy atom. The molecule has 0 saturated heterocycles. The fourth-order valence-corrected chi connectivity index (χ4v) is 4.82. The lowest BCUT2D eigenvalue weighted by atomic mass is 10.1. The lowest BCUT2D eigenvalue weighted by Gasteiger charge is -2.12. The number of carbonyl (C=O) groups is 1. The largest absolute Gasteiger partial charge is 0.387 e. The monoisotopic (exact) mass is 539 g/mol. The SMILES string of the molecule is CCCCCCNC(=O)Nc1ccc(S(=O)(=O)Nc2ccc(CCNCC(O)c3cccnc3)cc2)cc1. The normalized spacial score (nSPS) is 12.1. The molecule has 38 heavy (non-hydrogen) atoms. The molecule has 0 fully saturated rings. The molecular formula is C28H37N5O4S. The number of pyridine rings is 1. The van der Waals surface area contributed by atoms with Crippen molar-refractivity contribution in [3.63, 3.8) is 0 Å². The van der Waals surface area contributed by atoms with Crippen molar-refractivity contribution in [1.82, 2.24) is 15.6 Å². The highest BCUT2D eigenvalue weighted by Crippen LogP contribution is 2.19. The number of aliphatic hydroxyl groups excluding tert-OH is 1. The lowest BCUT2D eigenvalue weighted by Crippen LogP contribution is -2.29. The van der Waals surface area contributed by atoms with E-state index >= 15 is 0 Å². The zero-order chi connectivity index (χ0) is 27.2. The van der Waals surface area contributed by atoms with Gasteiger partial charge >= 0.3 is 6.03 Å². The second-order valence-corrected chi connectivity index (χ2v) is 10.7. The molecule has 0 saturated carbocycles. The summed E-state index contributed by atoms with van der Waals surface area (Å²) < 4.78 is 28.2. The van der Waals surface area contributed by atoms with Gasteiger partial charge in [0.1, 0.15) is 0 Å². The van der Waals surface area contributed by atoms with Gasteiger partial charge in [0.2, 0.25) is 0 Å². The van der Waals surface area contributed by atoms with Gasteiger partial charge in [0.25, 0.3) is 10.0 Å². The highest BCUT2D eigenvalue weighted by atomic mass is 32.2. The molecule has 9 nitrogen and oxygen atoms in total. The minimum Gasteiger partial charge on any atom is -0.387 e. The van der Waals surface area contributed by atoms with Crippen molar-refractivity contribution in [1.29, 1.82) is 0 Å². The number of hydrogen-bond donors (Lipinski definition) is 5. The molecule has 0 radical (unpaired) electrons. The van der Waals surface area contributed by atoms with Crippen LogP contribution in [0.1, 0.15) is 49.8 Å². The second kappa shape index (κ2) is 15.1. The van der Waals surface area contributed by atoms with Crippen LogP contribution < -0.4 is 20.7 Å². The summed E-state index contributed by atoms with van der Waals surface area (Å²) in [5.41, 5.74) is 2.77. The average Bonchev–Trinajstić information content (AvgIpc) is 2.92. The molecule has 1 atom stereocenters. The molecule has 0 bridgehead atoms. The third-order valence-corrected chi connectivity index (χ3v) is 7.34. The molecule has 5 N–H and O–H groups in total. The van der Waals surface area contributed by atoms with Gasteiger partial charge in [-0.1, -0.05) is 44.4 Å². The quantitative estimate of drug-likeness (QED) is 0.181. The van der Waals surface area contributed by atoms with E-state index in [2.05, 4.69) is 32.6 Å². The maximum absolute atomic E-state index is 12.8. The van der Waals surface area contributed by atoms with Crippen LogP contribution in [0.4, 0.5) is 16.2 Å². The van der Waals surface area contributed by atoms with Crippen LogP contribution in [0.2, 0.25) is 0 Å². The standard InChI is InChI=1S/C28H37N5O4S/c1-2-3-4-5-18-31-28(35)32-24-12-14-26(15-13-24)38(36,37)33-25-10-8-22(9-11-25)16-19-30-21-27(34)23-7-6-17-29-20-23/h6-15,17,20,27,30,33-34H,2-5,16,18-19,21H2,1H3,(H2,31,32,35). The van der Waals surface area contributed by atoms with Gasteiger partial charge in [0.15, 0.2) is 0 Å². The fourth-order valence-electron chi connectivity index (χ4n) is 3.76. The summed E-state index contributed by atoms with van der Waals surface area (Å²) in [5.74, 6) is 0. The van der Waals surface area contributed by atoms with Gasteiger partial charge in [-0.05, 0) is 67.4 Å². The van der Waals surface area contributed by atoms with E-state index in [1.54, 1.807) is 42.7 Å². The molecule has 10 heteroatoms. The van der Waals surface area contributed by atoms with Gasteiger partial charge in [-0.15, -0.1) is 0 Å². The fraction of sp³-hybridized carbons (Fsp3) is 0.357. The van der Waals surface area contributed by atoms with Gasteiger partial charge in [-0.3, -0.25) is 9.71 Å². The van der Waals surface area contributed by atoms with Crippen LogP contribution in [0, 0.1) is 0 Å². The summed E-state index contributed by atoms with van der Waals surface area (Å²) in [6.07, 6.45) is 7.71. The molecule has 1 aromatic heterocycles. The molecule has 3 aromatic rings. The molecule has 0 aliphatic carbocycles. The molecule has 204 valence electrons. The number of hydrogen-bond acceptors (Lipinski definition) is 6. The van der Waals surface area contributed by atoms with Crippen molar-refractivity contribution >= 4 is 27.4 Å². The first-order valence-corrected chi connectivity index (χ1v) is 14.4. The molecule has 0 aliphatic heterocycles. The molecule has 3 rings (SSSR count). The predicted molar refractivity (Wildman–Crippen MR) is 151 cm³/mol. The van der Waals surface area contributed by atoms with Gasteiger partial charge in [-0.2, -0.15) is 0 Å². The second-order valence-electron chi connectivity index (χ2n) is 9.02. The van der Waals surface area contributed by atoms with E-state index in [1.165, 1.54) is 12.1 Å². The summed E-state index contributed by atoms with van der Waals surface area (Å²) in [7, 11) is -3.77. The number of carbonyl (C=O) groups excluding carboxylic acids is 1. The van der Waals surface area contributed by atoms with Crippen LogP contribution in [0.25, 0.3) is 0 Å². The number of nitrogens with one attached hydrogen (secondary N) is 4. The van der Waals surface area contributed by atoms with E-state index in [0.717, 1.165) is 43.2 Å². The van der Waals surface area contributed by atoms with Crippen LogP contribution in [-0.4, -0.2) is 44.2 Å². The first-order chi connectivity index (χ1) is 18.4. The van der Waals surface area contributed by atoms with Crippen molar-refractivity contribution in [2.75, 3.05) is 29.7 Å². The Balaban J connectivity index is 1.42. The van der Waals surface area contributed by atoms with Crippen molar-refractivity contribution in [3.05, 3.63) is 84.2 Å². The Hall–Kier alpha value is -3.47. The zero-order valence-electron chi connectivity index (χ0n) is 21.7. The van der Waals surface area contributed by atoms with Crippen molar-refractivity contribution in [3.8, 4) is 0 Å². The van der Waals surface area contributed by atoms with E-state index < -0.39 is 16.1 Å². The van der Waals surface area contributed by atoms with Gasteiger partial charge in [0, 0.05) is 42.4 Å². The maximum Gasteiger partial charge on any atom is 0.319 e. The number of aliphatic hydroxyl groups is 1. The van der Waals surface area contributed by atoms with Crippen LogP contribution in [-0.2, 0) is 16.4 Å². The highest BCUT2D eigenvalue weighted by Gasteiger charge is 2.14. The Bertz CT molecular complexity index is 1220. The average molecular weight is 540 g/mol. The Kier molecular flexibility index (Phi) is 11.5. The molecule has 2 amide bonds. The zero-order valence-corrected chi connectivity index (χ0v) is 22.5. The van der Waals surface area contributed by atoms with Crippen LogP contribution in [0.3, 0.4) is 0 Å². The summed E-state index contributed by atoms with van der Waals surface area (Å²) in [6, 6.07) is 16.5. The van der Waals surface area contributed by atoms with E-state index in [4.69, 9.17) is 0 Å². The molecule has 1 unspecified atom stereocenters. The number of urea groups is 1. The Morgan fingerprint density at radius 3 is 2.37 bits per heavy atom. The Labute approximate surface area is 225 Å². The number of nitrogens with zero attached hydrogens (tertiary/aromatic N) is 1. The number of sulfonamides is 1. The predicted octanol–water partition coefficient (Wildman–Crippen LogP) is 4.45. The molecule has 0 aliphatic rings. The number of amides is 2. The van der Waals surface area contributed by atoms with Crippen LogP contribution in [0.15, 0.2) is 78.0 Å². The summed E-state index contributed by atoms with van der Waals surface area (Å²) in [5, 5.41) is 18.9. The van der Waals surface area contributed by atoms with Gasteiger partial charge in [-0.25, -0.2) is 13.2 Å². The molecule has 0 spiro atoms. The summed E-state index contributed by atoms with van der Waals surface area (Å²) in [6.45, 7) is 3.82. The number of aromatic nitrogens is 1. The first kappa shape index (κ1) is 29.1. The summed E-state index contributed by atoms with van der Waals surface area (Å²) in [4.78, 5) is 16.1. The Morgan fingerprint density at radius 1 is 0.947 bits per heavy atom. The lowest BCUT2D eigenvalue weighted by molar-refractivity contribution is 0.174. The maximum atomic E-state index is 12.8. The van der Waals surface area contributed by atoms with Gasteiger partial charge < -0.3 is 21.1 Å². The number of benzene rings is 2. The third-order valence-electron chi connectivity index (χ3n) is 5.94. The van der Waals surface area contributed by atoms with Crippen molar-refractivity contribution < 1.29 is 18.3 Å². The van der Waals surface area contributed by atoms with E-state index in [0.29, 0.717) is 31.0 Å². The van der Waals surface area contributed by atoms with Crippen LogP contribution in [0.5, 0.6) is 0 Å². The van der Waals surface area contributed by atoms with Crippen molar-refractivity contribution in [2.24, 2.45) is 0 Å². The molecule has 1 heterocycles. The first-order valence-electron chi connectivity index (χ1n) is 12.9. The minimum atomic E-state index is -3.77. The third kappa shape index (κ3) is 9.77. The van der Waals surface area contributed by atoms with Gasteiger partial charge in [0.05, 0.1) is 11.0 Å².